The van der Waals surface area contributed by atoms with Crippen molar-refractivity contribution < 1.29 is 14.6 Å². The van der Waals surface area contributed by atoms with E-state index in [1.54, 1.807) is 4.90 Å². The number of hydrogen-bond donors (Lipinski definition) is 2. The van der Waals surface area contributed by atoms with Crippen LogP contribution in [0.1, 0.15) is 39.5 Å². The highest BCUT2D eigenvalue weighted by Crippen LogP contribution is 2.34. The second-order valence-electron chi connectivity index (χ2n) is 5.36. The van der Waals surface area contributed by atoms with Crippen LogP contribution in [0.4, 0.5) is 0 Å². The third-order valence-electron chi connectivity index (χ3n) is 3.93. The molecule has 20 heavy (non-hydrogen) atoms. The van der Waals surface area contributed by atoms with E-state index in [-0.39, 0.29) is 23.5 Å². The van der Waals surface area contributed by atoms with Gasteiger partial charge in [-0.15, -0.1) is 0 Å². The van der Waals surface area contributed by atoms with Crippen LogP contribution in [0.5, 0.6) is 0 Å². The van der Waals surface area contributed by atoms with Gasteiger partial charge in [-0.1, -0.05) is 38.9 Å². The lowest BCUT2D eigenvalue weighted by molar-refractivity contribution is -0.149. The fraction of sp³-hybridized carbons (Fsp3) is 0.857. The van der Waals surface area contributed by atoms with Gasteiger partial charge in [-0.05, 0) is 12.8 Å². The summed E-state index contributed by atoms with van der Waals surface area (Å²) in [5.74, 6) is -0.0453. The molecule has 5 nitrogen and oxygen atoms in total. The number of aliphatic hydroxyl groups is 1. The number of hydrogen-bond acceptors (Lipinski definition) is 4. The van der Waals surface area contributed by atoms with Gasteiger partial charge in [0.15, 0.2) is 0 Å². The molecule has 1 aliphatic rings. The summed E-state index contributed by atoms with van der Waals surface area (Å²) in [5, 5.41) is 9.44. The van der Waals surface area contributed by atoms with E-state index in [2.05, 4.69) is 0 Å². The Balaban J connectivity index is 3.04. The molecule has 0 aromatic heterocycles. The lowest BCUT2D eigenvalue weighted by Crippen LogP contribution is -2.58. The first-order valence-corrected chi connectivity index (χ1v) is 7.73. The number of aliphatic hydroxyl groups excluding tert-OH is 1. The molecule has 1 heterocycles. The largest absolute Gasteiger partial charge is 0.394 e. The molecular weight excluding hydrogens is 276 g/mol. The summed E-state index contributed by atoms with van der Waals surface area (Å²) >= 11 is 5.22. The van der Waals surface area contributed by atoms with Gasteiger partial charge in [-0.3, -0.25) is 4.79 Å². The van der Waals surface area contributed by atoms with Crippen molar-refractivity contribution in [3.63, 3.8) is 0 Å². The molecule has 0 aromatic rings. The number of morpholine rings is 1. The second-order valence-corrected chi connectivity index (χ2v) is 5.80. The molecule has 1 rings (SSSR count). The van der Waals surface area contributed by atoms with Crippen molar-refractivity contribution in [2.45, 2.75) is 45.6 Å². The Morgan fingerprint density at radius 2 is 2.05 bits per heavy atom. The Morgan fingerprint density at radius 3 is 2.50 bits per heavy atom. The topological polar surface area (TPSA) is 75.8 Å². The summed E-state index contributed by atoms with van der Waals surface area (Å²) in [4.78, 5) is 15.0. The molecule has 1 aliphatic heterocycles. The SMILES string of the molecule is CCCC(CCC)(C(=O)N1CCOCC1CO)C(N)=S. The molecule has 0 saturated carbocycles. The molecule has 0 aliphatic carbocycles. The molecule has 6 heteroatoms. The second kappa shape index (κ2) is 7.90. The summed E-state index contributed by atoms with van der Waals surface area (Å²) in [6, 6.07) is -0.293. The van der Waals surface area contributed by atoms with E-state index in [0.717, 1.165) is 12.8 Å². The molecule has 1 unspecified atom stereocenters. The van der Waals surface area contributed by atoms with Crippen molar-refractivity contribution in [2.24, 2.45) is 11.1 Å². The highest BCUT2D eigenvalue weighted by Gasteiger charge is 2.44. The molecule has 1 fully saturated rings. The van der Waals surface area contributed by atoms with Gasteiger partial charge in [-0.25, -0.2) is 0 Å². The van der Waals surface area contributed by atoms with Gasteiger partial charge in [0.05, 0.1) is 36.3 Å². The maximum atomic E-state index is 13.0. The number of carbonyl (C=O) groups excluding carboxylic acids is 1. The molecule has 0 radical (unpaired) electrons. The first-order valence-electron chi connectivity index (χ1n) is 7.33. The zero-order valence-electron chi connectivity index (χ0n) is 12.4. The van der Waals surface area contributed by atoms with Crippen LogP contribution in [-0.4, -0.2) is 53.3 Å². The van der Waals surface area contributed by atoms with E-state index in [1.807, 2.05) is 13.8 Å². The Labute approximate surface area is 126 Å². The molecule has 0 spiro atoms. The maximum absolute atomic E-state index is 13.0. The van der Waals surface area contributed by atoms with Crippen molar-refractivity contribution in [1.29, 1.82) is 0 Å². The zero-order valence-corrected chi connectivity index (χ0v) is 13.2. The fourth-order valence-corrected chi connectivity index (χ4v) is 3.18. The summed E-state index contributed by atoms with van der Waals surface area (Å²) in [6.45, 7) is 5.30. The summed E-state index contributed by atoms with van der Waals surface area (Å²) in [6.07, 6.45) is 3.00. The molecule has 1 atom stereocenters. The van der Waals surface area contributed by atoms with Gasteiger partial charge in [0.25, 0.3) is 0 Å². The van der Waals surface area contributed by atoms with Gasteiger partial charge in [0.2, 0.25) is 5.91 Å². The molecule has 1 amide bonds. The minimum atomic E-state index is -0.774. The first-order chi connectivity index (χ1) is 9.53. The quantitative estimate of drug-likeness (QED) is 0.688. The number of thiocarbonyl (C=S) groups is 1. The van der Waals surface area contributed by atoms with E-state index < -0.39 is 5.41 Å². The third kappa shape index (κ3) is 3.48. The molecule has 116 valence electrons. The minimum absolute atomic E-state index is 0.0453. The van der Waals surface area contributed by atoms with E-state index >= 15 is 0 Å². The van der Waals surface area contributed by atoms with E-state index in [1.165, 1.54) is 0 Å². The highest BCUT2D eigenvalue weighted by molar-refractivity contribution is 7.80. The third-order valence-corrected chi connectivity index (χ3v) is 4.32. The number of nitrogens with zero attached hydrogens (tertiary/aromatic N) is 1. The lowest BCUT2D eigenvalue weighted by Gasteiger charge is -2.41. The summed E-state index contributed by atoms with van der Waals surface area (Å²) in [5.41, 5.74) is 5.15. The van der Waals surface area contributed by atoms with Crippen molar-refractivity contribution in [2.75, 3.05) is 26.4 Å². The predicted molar refractivity (Wildman–Crippen MR) is 82.4 cm³/mol. The average molecular weight is 302 g/mol. The average Bonchev–Trinajstić information content (AvgIpc) is 2.45. The standard InChI is InChI=1S/C14H26N2O3S/c1-3-5-14(6-4-2,12(15)20)13(18)16-7-8-19-10-11(16)9-17/h11,17H,3-10H2,1-2H3,(H2,15,20). The molecular formula is C14H26N2O3S. The Bertz CT molecular complexity index is 343. The molecule has 0 aromatic carbocycles. The molecule has 1 saturated heterocycles. The Morgan fingerprint density at radius 1 is 1.45 bits per heavy atom. The number of ether oxygens (including phenoxy) is 1. The van der Waals surface area contributed by atoms with Crippen LogP contribution in [0.15, 0.2) is 0 Å². The highest BCUT2D eigenvalue weighted by atomic mass is 32.1. The van der Waals surface area contributed by atoms with E-state index in [9.17, 15) is 9.90 Å². The van der Waals surface area contributed by atoms with Gasteiger partial charge in [-0.2, -0.15) is 0 Å². The fourth-order valence-electron chi connectivity index (χ4n) is 2.89. The zero-order chi connectivity index (χ0) is 15.2. The van der Waals surface area contributed by atoms with Gasteiger partial charge < -0.3 is 20.5 Å². The van der Waals surface area contributed by atoms with Gasteiger partial charge in [0, 0.05) is 6.54 Å². The lowest BCUT2D eigenvalue weighted by atomic mass is 9.77. The summed E-state index contributed by atoms with van der Waals surface area (Å²) < 4.78 is 5.33. The van der Waals surface area contributed by atoms with Crippen molar-refractivity contribution in [3.8, 4) is 0 Å². The number of rotatable bonds is 7. The normalized spacial score (nSPS) is 19.9. The monoisotopic (exact) mass is 302 g/mol. The van der Waals surface area contributed by atoms with Crippen molar-refractivity contribution in [1.82, 2.24) is 4.90 Å². The number of nitrogens with two attached hydrogens (primary N) is 1. The van der Waals surface area contributed by atoms with Crippen molar-refractivity contribution in [3.05, 3.63) is 0 Å². The van der Waals surface area contributed by atoms with Crippen LogP contribution < -0.4 is 5.73 Å². The maximum Gasteiger partial charge on any atom is 0.236 e. The first kappa shape index (κ1) is 17.3. The van der Waals surface area contributed by atoms with Gasteiger partial charge >= 0.3 is 0 Å². The van der Waals surface area contributed by atoms with Crippen LogP contribution in [0.25, 0.3) is 0 Å². The predicted octanol–water partition coefficient (Wildman–Crippen LogP) is 1.08. The van der Waals surface area contributed by atoms with E-state index in [0.29, 0.717) is 32.6 Å². The van der Waals surface area contributed by atoms with Crippen LogP contribution in [0, 0.1) is 5.41 Å². The van der Waals surface area contributed by atoms with Crippen LogP contribution >= 0.6 is 12.2 Å². The number of carbonyl (C=O) groups is 1. The number of amides is 1. The Hall–Kier alpha value is -0.720. The minimum Gasteiger partial charge on any atom is -0.394 e. The van der Waals surface area contributed by atoms with Gasteiger partial charge in [0.1, 0.15) is 0 Å². The summed E-state index contributed by atoms with van der Waals surface area (Å²) in [7, 11) is 0. The van der Waals surface area contributed by atoms with Crippen LogP contribution in [-0.2, 0) is 9.53 Å². The van der Waals surface area contributed by atoms with E-state index in [4.69, 9.17) is 22.7 Å². The smallest absolute Gasteiger partial charge is 0.236 e. The molecule has 3 N–H and O–H groups in total. The Kier molecular flexibility index (Phi) is 6.85. The van der Waals surface area contributed by atoms with Crippen molar-refractivity contribution >= 4 is 23.1 Å². The van der Waals surface area contributed by atoms with Crippen LogP contribution in [0.3, 0.4) is 0 Å². The molecule has 0 bridgehead atoms. The van der Waals surface area contributed by atoms with Crippen LogP contribution in [0.2, 0.25) is 0 Å².